The molecular weight excluding hydrogens is 133 g/mol. The molecule has 0 bridgehead atoms. The van der Waals surface area contributed by atoms with E-state index in [0.29, 0.717) is 0 Å². The Hall–Kier alpha value is 0.0249. The first-order valence-electron chi connectivity index (χ1n) is 4.95. The van der Waals surface area contributed by atoms with Gasteiger partial charge in [-0.1, -0.05) is 33.0 Å². The first-order valence-corrected chi connectivity index (χ1v) is 4.95. The standard InChI is InChI=1S/C9H19BN/c1-3-5-8(4-2)9-10-6-7-11-9/h8-9,11H,3-7H2,1-2H3. The molecule has 0 aliphatic carbocycles. The Labute approximate surface area is 71.2 Å². The van der Waals surface area contributed by atoms with Gasteiger partial charge in [0.15, 0.2) is 0 Å². The van der Waals surface area contributed by atoms with Crippen molar-refractivity contribution in [3.05, 3.63) is 0 Å². The van der Waals surface area contributed by atoms with Crippen LogP contribution >= 0.6 is 0 Å². The van der Waals surface area contributed by atoms with Crippen molar-refractivity contribution in [3.63, 3.8) is 0 Å². The molecule has 0 amide bonds. The number of nitrogens with one attached hydrogen (secondary N) is 1. The van der Waals surface area contributed by atoms with Crippen molar-refractivity contribution in [1.29, 1.82) is 0 Å². The van der Waals surface area contributed by atoms with Gasteiger partial charge in [0.2, 0.25) is 0 Å². The third-order valence-electron chi connectivity index (χ3n) is 2.64. The molecule has 1 aliphatic heterocycles. The summed E-state index contributed by atoms with van der Waals surface area (Å²) in [5.74, 6) is 1.61. The lowest BCUT2D eigenvalue weighted by molar-refractivity contribution is 0.410. The predicted octanol–water partition coefficient (Wildman–Crippen LogP) is 1.86. The Morgan fingerprint density at radius 2 is 2.36 bits per heavy atom. The van der Waals surface area contributed by atoms with E-state index in [1.807, 2.05) is 0 Å². The highest BCUT2D eigenvalue weighted by atomic mass is 14.9. The first-order chi connectivity index (χ1) is 5.38. The van der Waals surface area contributed by atoms with E-state index < -0.39 is 0 Å². The molecule has 1 aliphatic rings. The second-order valence-corrected chi connectivity index (χ2v) is 3.46. The molecule has 2 atom stereocenters. The van der Waals surface area contributed by atoms with Crippen molar-refractivity contribution in [3.8, 4) is 0 Å². The van der Waals surface area contributed by atoms with Crippen LogP contribution in [-0.4, -0.2) is 19.8 Å². The zero-order valence-electron chi connectivity index (χ0n) is 7.77. The molecule has 0 aromatic heterocycles. The maximum Gasteiger partial charge on any atom is 0.134 e. The zero-order chi connectivity index (χ0) is 8.10. The van der Waals surface area contributed by atoms with Gasteiger partial charge in [0.1, 0.15) is 7.28 Å². The molecule has 0 saturated carbocycles. The molecule has 1 nitrogen and oxygen atoms in total. The van der Waals surface area contributed by atoms with E-state index in [4.69, 9.17) is 0 Å². The fraction of sp³-hybridized carbons (Fsp3) is 1.00. The van der Waals surface area contributed by atoms with Gasteiger partial charge in [0.25, 0.3) is 0 Å². The average Bonchev–Trinajstić information content (AvgIpc) is 2.52. The fourth-order valence-corrected chi connectivity index (χ4v) is 1.96. The summed E-state index contributed by atoms with van der Waals surface area (Å²) in [6.45, 7) is 5.77. The molecule has 1 saturated heterocycles. The molecule has 0 aromatic rings. The fourth-order valence-electron chi connectivity index (χ4n) is 1.96. The van der Waals surface area contributed by atoms with Crippen molar-refractivity contribution in [1.82, 2.24) is 5.32 Å². The summed E-state index contributed by atoms with van der Waals surface area (Å²) >= 11 is 0. The Balaban J connectivity index is 2.27. The van der Waals surface area contributed by atoms with Crippen molar-refractivity contribution in [2.45, 2.75) is 45.4 Å². The van der Waals surface area contributed by atoms with E-state index in [-0.39, 0.29) is 0 Å². The lowest BCUT2D eigenvalue weighted by Crippen LogP contribution is -2.33. The largest absolute Gasteiger partial charge is 0.322 e. The van der Waals surface area contributed by atoms with Crippen LogP contribution < -0.4 is 5.32 Å². The van der Waals surface area contributed by atoms with Crippen LogP contribution in [0.1, 0.15) is 33.1 Å². The van der Waals surface area contributed by atoms with Crippen LogP contribution in [0.3, 0.4) is 0 Å². The summed E-state index contributed by atoms with van der Waals surface area (Å²) in [5, 5.41) is 3.54. The Morgan fingerprint density at radius 1 is 1.55 bits per heavy atom. The van der Waals surface area contributed by atoms with Crippen LogP contribution in [0.4, 0.5) is 0 Å². The van der Waals surface area contributed by atoms with E-state index in [2.05, 4.69) is 26.4 Å². The summed E-state index contributed by atoms with van der Waals surface area (Å²) in [6.07, 6.45) is 5.29. The summed E-state index contributed by atoms with van der Waals surface area (Å²) in [6, 6.07) is 0. The van der Waals surface area contributed by atoms with E-state index >= 15 is 0 Å². The van der Waals surface area contributed by atoms with Crippen LogP contribution in [0.25, 0.3) is 0 Å². The minimum Gasteiger partial charge on any atom is -0.322 e. The average molecular weight is 152 g/mol. The summed E-state index contributed by atoms with van der Waals surface area (Å²) in [7, 11) is 2.45. The molecule has 11 heavy (non-hydrogen) atoms. The summed E-state index contributed by atoms with van der Waals surface area (Å²) in [5.41, 5.74) is 0. The first kappa shape index (κ1) is 9.12. The lowest BCUT2D eigenvalue weighted by atomic mass is 9.64. The Morgan fingerprint density at radius 3 is 2.82 bits per heavy atom. The highest BCUT2D eigenvalue weighted by Crippen LogP contribution is 2.17. The number of hydrogen-bond donors (Lipinski definition) is 1. The third-order valence-corrected chi connectivity index (χ3v) is 2.64. The van der Waals surface area contributed by atoms with Crippen molar-refractivity contribution in [2.24, 2.45) is 5.92 Å². The van der Waals surface area contributed by atoms with Crippen LogP contribution in [0.5, 0.6) is 0 Å². The maximum absolute atomic E-state index is 3.54. The van der Waals surface area contributed by atoms with Gasteiger partial charge in [0, 0.05) is 0 Å². The van der Waals surface area contributed by atoms with Gasteiger partial charge in [0.05, 0.1) is 0 Å². The van der Waals surface area contributed by atoms with Gasteiger partial charge < -0.3 is 5.32 Å². The smallest absolute Gasteiger partial charge is 0.134 e. The van der Waals surface area contributed by atoms with E-state index in [1.165, 1.54) is 32.1 Å². The Kier molecular flexibility index (Phi) is 3.99. The van der Waals surface area contributed by atoms with E-state index in [0.717, 1.165) is 11.9 Å². The van der Waals surface area contributed by atoms with Gasteiger partial charge in [-0.15, -0.1) is 0 Å². The molecular formula is C9H19BN. The van der Waals surface area contributed by atoms with Gasteiger partial charge in [-0.05, 0) is 24.8 Å². The topological polar surface area (TPSA) is 12.0 Å². The van der Waals surface area contributed by atoms with Crippen molar-refractivity contribution < 1.29 is 0 Å². The molecule has 63 valence electrons. The molecule has 1 fully saturated rings. The van der Waals surface area contributed by atoms with Crippen LogP contribution in [0, 0.1) is 5.92 Å². The normalized spacial score (nSPS) is 26.5. The van der Waals surface area contributed by atoms with E-state index in [9.17, 15) is 0 Å². The quantitative estimate of drug-likeness (QED) is 0.606. The van der Waals surface area contributed by atoms with Crippen LogP contribution in [-0.2, 0) is 0 Å². The molecule has 0 aromatic carbocycles. The highest BCUT2D eigenvalue weighted by molar-refractivity contribution is 6.39. The van der Waals surface area contributed by atoms with Gasteiger partial charge in [-0.2, -0.15) is 0 Å². The molecule has 1 heterocycles. The molecule has 1 radical (unpaired) electrons. The maximum atomic E-state index is 3.54. The van der Waals surface area contributed by atoms with Crippen molar-refractivity contribution in [2.75, 3.05) is 6.54 Å². The molecule has 2 heteroatoms. The zero-order valence-corrected chi connectivity index (χ0v) is 7.77. The second kappa shape index (κ2) is 4.81. The number of hydrogen-bond acceptors (Lipinski definition) is 1. The molecule has 0 spiro atoms. The van der Waals surface area contributed by atoms with Gasteiger partial charge >= 0.3 is 0 Å². The lowest BCUT2D eigenvalue weighted by Gasteiger charge is -2.21. The SMILES string of the molecule is CCCC(CC)C1[B]CCN1. The van der Waals surface area contributed by atoms with Gasteiger partial charge in [-0.3, -0.25) is 0 Å². The van der Waals surface area contributed by atoms with Gasteiger partial charge in [-0.25, -0.2) is 0 Å². The molecule has 2 unspecified atom stereocenters. The molecule has 1 N–H and O–H groups in total. The van der Waals surface area contributed by atoms with Crippen LogP contribution in [0.15, 0.2) is 0 Å². The summed E-state index contributed by atoms with van der Waals surface area (Å²) < 4.78 is 0. The minimum atomic E-state index is 0.722. The minimum absolute atomic E-state index is 0.722. The van der Waals surface area contributed by atoms with E-state index in [1.54, 1.807) is 0 Å². The number of rotatable bonds is 4. The van der Waals surface area contributed by atoms with Crippen LogP contribution in [0.2, 0.25) is 6.32 Å². The third kappa shape index (κ3) is 2.51. The summed E-state index contributed by atoms with van der Waals surface area (Å²) in [4.78, 5) is 0. The Bertz CT molecular complexity index is 99.7. The highest BCUT2D eigenvalue weighted by Gasteiger charge is 2.22. The predicted molar refractivity (Wildman–Crippen MR) is 51.0 cm³/mol. The monoisotopic (exact) mass is 152 g/mol. The van der Waals surface area contributed by atoms with Crippen molar-refractivity contribution >= 4 is 7.28 Å². The second-order valence-electron chi connectivity index (χ2n) is 3.46. The molecule has 1 rings (SSSR count).